The molecule has 0 saturated heterocycles. The molecule has 1 aliphatic carbocycles. The average molecular weight is 251 g/mol. The molecule has 1 aromatic carbocycles. The van der Waals surface area contributed by atoms with E-state index in [0.717, 1.165) is 30.4 Å². The van der Waals surface area contributed by atoms with Crippen molar-refractivity contribution in [2.24, 2.45) is 5.92 Å². The van der Waals surface area contributed by atoms with Gasteiger partial charge >= 0.3 is 0 Å². The van der Waals surface area contributed by atoms with Crippen LogP contribution in [0.5, 0.6) is 0 Å². The van der Waals surface area contributed by atoms with Crippen molar-refractivity contribution >= 4 is 0 Å². The van der Waals surface area contributed by atoms with Crippen molar-refractivity contribution in [3.63, 3.8) is 0 Å². The second-order valence-corrected chi connectivity index (χ2v) is 5.43. The summed E-state index contributed by atoms with van der Waals surface area (Å²) in [4.78, 5) is 0. The normalized spacial score (nSPS) is 20.2. The maximum atomic E-state index is 13.6. The third-order valence-corrected chi connectivity index (χ3v) is 3.87. The van der Waals surface area contributed by atoms with Gasteiger partial charge in [-0.25, -0.2) is 4.39 Å². The van der Waals surface area contributed by atoms with Gasteiger partial charge in [-0.3, -0.25) is 0 Å². The molecule has 0 aliphatic heterocycles. The van der Waals surface area contributed by atoms with Crippen molar-refractivity contribution in [3.05, 3.63) is 35.1 Å². The van der Waals surface area contributed by atoms with E-state index in [2.05, 4.69) is 19.2 Å². The van der Waals surface area contributed by atoms with Crippen LogP contribution in [0.25, 0.3) is 0 Å². The molecule has 2 N–H and O–H groups in total. The molecule has 0 radical (unpaired) electrons. The molecule has 0 spiro atoms. The molecular weight excluding hydrogens is 229 g/mol. The number of benzene rings is 1. The van der Waals surface area contributed by atoms with Gasteiger partial charge in [0, 0.05) is 18.7 Å². The number of fused-ring (bicyclic) bond motifs is 1. The number of nitrogens with one attached hydrogen (secondary N) is 1. The lowest BCUT2D eigenvalue weighted by molar-refractivity contribution is 0.234. The Labute approximate surface area is 108 Å². The molecule has 2 atom stereocenters. The van der Waals surface area contributed by atoms with Crippen molar-refractivity contribution in [1.82, 2.24) is 5.32 Å². The Kier molecular flexibility index (Phi) is 4.36. The van der Waals surface area contributed by atoms with E-state index < -0.39 is 0 Å². The number of hydrogen-bond acceptors (Lipinski definition) is 2. The number of aliphatic hydroxyl groups excluding tert-OH is 1. The fourth-order valence-corrected chi connectivity index (χ4v) is 2.79. The minimum atomic E-state index is -0.0833. The van der Waals surface area contributed by atoms with E-state index in [9.17, 15) is 4.39 Å². The van der Waals surface area contributed by atoms with E-state index in [0.29, 0.717) is 5.92 Å². The van der Waals surface area contributed by atoms with Crippen LogP contribution < -0.4 is 5.32 Å². The topological polar surface area (TPSA) is 32.3 Å². The zero-order chi connectivity index (χ0) is 13.1. The molecule has 1 aliphatic rings. The van der Waals surface area contributed by atoms with Crippen LogP contribution in [0.1, 0.15) is 43.9 Å². The van der Waals surface area contributed by atoms with Gasteiger partial charge in [0.05, 0.1) is 0 Å². The lowest BCUT2D eigenvalue weighted by Crippen LogP contribution is -2.36. The predicted octanol–water partition coefficient (Wildman–Crippen LogP) is 2.81. The molecule has 0 fully saturated rings. The van der Waals surface area contributed by atoms with Crippen molar-refractivity contribution in [3.8, 4) is 0 Å². The number of hydrogen-bond donors (Lipinski definition) is 2. The van der Waals surface area contributed by atoms with Gasteiger partial charge in [-0.05, 0) is 42.4 Å². The molecule has 0 amide bonds. The Bertz CT molecular complexity index is 405. The number of halogens is 1. The Hall–Kier alpha value is -0.930. The molecule has 3 heteroatoms. The van der Waals surface area contributed by atoms with Crippen molar-refractivity contribution < 1.29 is 9.50 Å². The van der Waals surface area contributed by atoms with Crippen LogP contribution in [-0.4, -0.2) is 17.8 Å². The highest BCUT2D eigenvalue weighted by molar-refractivity contribution is 5.35. The minimum Gasteiger partial charge on any atom is -0.396 e. The fourth-order valence-electron chi connectivity index (χ4n) is 2.79. The quantitative estimate of drug-likeness (QED) is 0.843. The highest BCUT2D eigenvalue weighted by atomic mass is 19.1. The summed E-state index contributed by atoms with van der Waals surface area (Å²) < 4.78 is 13.6. The smallest absolute Gasteiger partial charge is 0.126 e. The summed E-state index contributed by atoms with van der Waals surface area (Å²) in [7, 11) is 0. The van der Waals surface area contributed by atoms with Crippen molar-refractivity contribution in [2.45, 2.75) is 45.2 Å². The molecule has 1 aromatic rings. The highest BCUT2D eigenvalue weighted by Crippen LogP contribution is 2.33. The predicted molar refractivity (Wildman–Crippen MR) is 70.9 cm³/mol. The first-order valence-electron chi connectivity index (χ1n) is 6.77. The Morgan fingerprint density at radius 1 is 1.44 bits per heavy atom. The third kappa shape index (κ3) is 2.73. The van der Waals surface area contributed by atoms with Crippen molar-refractivity contribution in [2.75, 3.05) is 6.61 Å². The van der Waals surface area contributed by atoms with Crippen LogP contribution in [0.3, 0.4) is 0 Å². The highest BCUT2D eigenvalue weighted by Gasteiger charge is 2.27. The lowest BCUT2D eigenvalue weighted by atomic mass is 9.98. The first-order valence-corrected chi connectivity index (χ1v) is 6.77. The molecule has 0 heterocycles. The molecule has 2 nitrogen and oxygen atoms in total. The van der Waals surface area contributed by atoms with E-state index in [1.807, 2.05) is 6.07 Å². The van der Waals surface area contributed by atoms with Gasteiger partial charge in [0.2, 0.25) is 0 Å². The molecule has 18 heavy (non-hydrogen) atoms. The average Bonchev–Trinajstić information content (AvgIpc) is 2.73. The summed E-state index contributed by atoms with van der Waals surface area (Å²) >= 11 is 0. The van der Waals surface area contributed by atoms with Gasteiger partial charge in [0.1, 0.15) is 5.82 Å². The summed E-state index contributed by atoms with van der Waals surface area (Å²) in [5.74, 6) is 0.384. The zero-order valence-corrected chi connectivity index (χ0v) is 11.1. The molecule has 0 bridgehead atoms. The monoisotopic (exact) mass is 251 g/mol. The fraction of sp³-hybridized carbons (Fsp3) is 0.600. The zero-order valence-electron chi connectivity index (χ0n) is 11.1. The molecular formula is C15H22FNO. The standard InChI is InChI=1S/C15H22FNO/c1-10(2)14(8-9-18)17-15-7-6-11-12(15)4-3-5-13(11)16/h3-5,10,14-15,17-18H,6-9H2,1-2H3. The van der Waals surface area contributed by atoms with E-state index in [1.54, 1.807) is 6.07 Å². The molecule has 0 saturated carbocycles. The van der Waals surface area contributed by atoms with Gasteiger partial charge in [-0.2, -0.15) is 0 Å². The number of rotatable bonds is 5. The van der Waals surface area contributed by atoms with Gasteiger partial charge in [0.15, 0.2) is 0 Å². The first-order chi connectivity index (χ1) is 8.63. The minimum absolute atomic E-state index is 0.0833. The molecule has 2 rings (SSSR count). The summed E-state index contributed by atoms with van der Waals surface area (Å²) in [6, 6.07) is 5.85. The van der Waals surface area contributed by atoms with E-state index in [-0.39, 0.29) is 24.5 Å². The lowest BCUT2D eigenvalue weighted by Gasteiger charge is -2.26. The first kappa shape index (κ1) is 13.5. The van der Waals surface area contributed by atoms with Crippen LogP contribution in [0.4, 0.5) is 4.39 Å². The van der Waals surface area contributed by atoms with Gasteiger partial charge < -0.3 is 10.4 Å². The molecule has 2 unspecified atom stereocenters. The van der Waals surface area contributed by atoms with Gasteiger partial charge in [0.25, 0.3) is 0 Å². The van der Waals surface area contributed by atoms with Crippen LogP contribution in [-0.2, 0) is 6.42 Å². The summed E-state index contributed by atoms with van der Waals surface area (Å²) in [6.07, 6.45) is 2.51. The second kappa shape index (κ2) is 5.81. The Balaban J connectivity index is 2.11. The maximum Gasteiger partial charge on any atom is 0.126 e. The maximum absolute atomic E-state index is 13.6. The Morgan fingerprint density at radius 2 is 2.22 bits per heavy atom. The van der Waals surface area contributed by atoms with E-state index in [1.165, 1.54) is 6.07 Å². The Morgan fingerprint density at radius 3 is 2.89 bits per heavy atom. The van der Waals surface area contributed by atoms with Gasteiger partial charge in [-0.1, -0.05) is 26.0 Å². The summed E-state index contributed by atoms with van der Waals surface area (Å²) in [5.41, 5.74) is 1.96. The van der Waals surface area contributed by atoms with Crippen LogP contribution in [0.2, 0.25) is 0 Å². The molecule has 100 valence electrons. The summed E-state index contributed by atoms with van der Waals surface area (Å²) in [5, 5.41) is 12.7. The molecule has 0 aromatic heterocycles. The summed E-state index contributed by atoms with van der Waals surface area (Å²) in [6.45, 7) is 4.49. The van der Waals surface area contributed by atoms with Crippen molar-refractivity contribution in [1.29, 1.82) is 0 Å². The third-order valence-electron chi connectivity index (χ3n) is 3.87. The second-order valence-electron chi connectivity index (χ2n) is 5.43. The largest absolute Gasteiger partial charge is 0.396 e. The van der Waals surface area contributed by atoms with Crippen LogP contribution >= 0.6 is 0 Å². The van der Waals surface area contributed by atoms with Crippen LogP contribution in [0.15, 0.2) is 18.2 Å². The van der Waals surface area contributed by atoms with E-state index in [4.69, 9.17) is 5.11 Å². The number of aliphatic hydroxyl groups is 1. The van der Waals surface area contributed by atoms with Crippen LogP contribution in [0, 0.1) is 11.7 Å². The van der Waals surface area contributed by atoms with Gasteiger partial charge in [-0.15, -0.1) is 0 Å². The van der Waals surface area contributed by atoms with E-state index >= 15 is 0 Å². The SMILES string of the molecule is CC(C)C(CCO)NC1CCc2c(F)cccc21.